The first-order valence-corrected chi connectivity index (χ1v) is 9.45. The molecule has 0 spiro atoms. The molecule has 0 radical (unpaired) electrons. The second-order valence-corrected chi connectivity index (χ2v) is 7.39. The van der Waals surface area contributed by atoms with Crippen molar-refractivity contribution in [2.75, 3.05) is 11.9 Å². The maximum Gasteiger partial charge on any atom is 0.174 e. The van der Waals surface area contributed by atoms with Crippen molar-refractivity contribution in [2.24, 2.45) is 0 Å². The Morgan fingerprint density at radius 3 is 2.50 bits per heavy atom. The molecule has 3 nitrogen and oxygen atoms in total. The second kappa shape index (κ2) is 7.14. The molecule has 0 unspecified atom stereocenters. The Morgan fingerprint density at radius 1 is 1.04 bits per heavy atom. The predicted molar refractivity (Wildman–Crippen MR) is 112 cm³/mol. The number of halogens is 1. The highest BCUT2D eigenvalue weighted by molar-refractivity contribution is 7.80. The van der Waals surface area contributed by atoms with Crippen molar-refractivity contribution in [1.29, 1.82) is 0 Å². The fraction of sp³-hybridized carbons (Fsp3) is 0.190. The van der Waals surface area contributed by atoms with Crippen molar-refractivity contribution < 1.29 is 0 Å². The van der Waals surface area contributed by atoms with Crippen molar-refractivity contribution in [2.45, 2.75) is 19.5 Å². The summed E-state index contributed by atoms with van der Waals surface area (Å²) in [6, 6.07) is 20.7. The number of fused-ring (bicyclic) bond motifs is 1. The summed E-state index contributed by atoms with van der Waals surface area (Å²) in [4.78, 5) is 2.26. The number of aryl methyl sites for hydroxylation is 1. The maximum absolute atomic E-state index is 6.09. The quantitative estimate of drug-likeness (QED) is 0.612. The van der Waals surface area contributed by atoms with Crippen LogP contribution in [0.15, 0.2) is 66.9 Å². The number of thiocarbonyl (C=S) groups is 1. The highest BCUT2D eigenvalue weighted by atomic mass is 35.5. The van der Waals surface area contributed by atoms with Gasteiger partial charge in [0.2, 0.25) is 0 Å². The second-order valence-electron chi connectivity index (χ2n) is 6.57. The molecule has 2 aromatic carbocycles. The van der Waals surface area contributed by atoms with E-state index in [-0.39, 0.29) is 6.04 Å². The molecular formula is C21H20ClN3S. The van der Waals surface area contributed by atoms with Crippen molar-refractivity contribution in [3.63, 3.8) is 0 Å². The molecule has 1 aliphatic heterocycles. The Morgan fingerprint density at radius 2 is 1.77 bits per heavy atom. The molecule has 4 rings (SSSR count). The Bertz CT molecular complexity index is 915. The highest BCUT2D eigenvalue weighted by Gasteiger charge is 2.30. The highest BCUT2D eigenvalue weighted by Crippen LogP contribution is 2.33. The van der Waals surface area contributed by atoms with Gasteiger partial charge in [0.05, 0.1) is 6.04 Å². The van der Waals surface area contributed by atoms with E-state index in [2.05, 4.69) is 76.4 Å². The van der Waals surface area contributed by atoms with Gasteiger partial charge in [-0.25, -0.2) is 0 Å². The summed E-state index contributed by atoms with van der Waals surface area (Å²) in [7, 11) is 0. The Hall–Kier alpha value is -2.30. The van der Waals surface area contributed by atoms with Gasteiger partial charge in [0.15, 0.2) is 5.11 Å². The van der Waals surface area contributed by atoms with Crippen LogP contribution in [0.25, 0.3) is 0 Å². The zero-order chi connectivity index (χ0) is 18.1. The molecular weight excluding hydrogens is 362 g/mol. The summed E-state index contributed by atoms with van der Waals surface area (Å²) in [5.41, 5.74) is 4.67. The van der Waals surface area contributed by atoms with E-state index in [0.717, 1.165) is 28.9 Å². The molecule has 0 fully saturated rings. The summed E-state index contributed by atoms with van der Waals surface area (Å²) in [6.07, 6.45) is 2.13. The van der Waals surface area contributed by atoms with Gasteiger partial charge < -0.3 is 14.8 Å². The fourth-order valence-electron chi connectivity index (χ4n) is 3.43. The lowest BCUT2D eigenvalue weighted by Crippen LogP contribution is -2.44. The van der Waals surface area contributed by atoms with E-state index in [1.54, 1.807) is 0 Å². The third kappa shape index (κ3) is 3.35. The Kier molecular flexibility index (Phi) is 4.70. The molecule has 1 aromatic heterocycles. The number of hydrogen-bond donors (Lipinski definition) is 1. The molecule has 1 aliphatic rings. The molecule has 0 amide bonds. The lowest BCUT2D eigenvalue weighted by molar-refractivity contribution is 0.293. The van der Waals surface area contributed by atoms with Gasteiger partial charge >= 0.3 is 0 Å². The molecule has 1 atom stereocenters. The van der Waals surface area contributed by atoms with Crippen LogP contribution < -0.4 is 5.32 Å². The number of nitrogens with zero attached hydrogens (tertiary/aromatic N) is 2. The van der Waals surface area contributed by atoms with Gasteiger partial charge in [-0.15, -0.1) is 0 Å². The third-order valence-electron chi connectivity index (χ3n) is 4.79. The largest absolute Gasteiger partial charge is 0.348 e. The molecule has 0 bridgehead atoms. The van der Waals surface area contributed by atoms with Gasteiger partial charge in [0.25, 0.3) is 0 Å². The molecule has 2 heterocycles. The third-order valence-corrected chi connectivity index (χ3v) is 5.38. The minimum absolute atomic E-state index is 0.0708. The van der Waals surface area contributed by atoms with Crippen LogP contribution in [0.1, 0.15) is 22.9 Å². The lowest BCUT2D eigenvalue weighted by Gasteiger charge is -2.39. The van der Waals surface area contributed by atoms with Crippen LogP contribution in [0, 0.1) is 6.92 Å². The first-order chi connectivity index (χ1) is 12.6. The predicted octanol–water partition coefficient (Wildman–Crippen LogP) is 5.25. The van der Waals surface area contributed by atoms with Crippen LogP contribution in [0.4, 0.5) is 5.69 Å². The van der Waals surface area contributed by atoms with E-state index in [1.807, 2.05) is 12.1 Å². The van der Waals surface area contributed by atoms with Crippen LogP contribution in [0.3, 0.4) is 0 Å². The number of rotatable bonds is 2. The lowest BCUT2D eigenvalue weighted by atomic mass is 10.0. The SMILES string of the molecule is Cc1ccc(NC(=S)N2CCn3cccc3[C@H]2c2ccc(Cl)cc2)cc1. The van der Waals surface area contributed by atoms with Crippen LogP contribution in [0.2, 0.25) is 5.02 Å². The maximum atomic E-state index is 6.09. The molecule has 5 heteroatoms. The van der Waals surface area contributed by atoms with E-state index >= 15 is 0 Å². The number of aromatic nitrogens is 1. The Labute approximate surface area is 164 Å². The van der Waals surface area contributed by atoms with E-state index in [0.29, 0.717) is 0 Å². The van der Waals surface area contributed by atoms with Crippen molar-refractivity contribution in [3.8, 4) is 0 Å². The van der Waals surface area contributed by atoms with Gasteiger partial charge in [-0.1, -0.05) is 41.4 Å². The van der Waals surface area contributed by atoms with E-state index in [9.17, 15) is 0 Å². The summed E-state index contributed by atoms with van der Waals surface area (Å²) < 4.78 is 2.30. The van der Waals surface area contributed by atoms with Gasteiger partial charge in [-0.05, 0) is 61.1 Å². The molecule has 132 valence electrons. The number of nitrogens with one attached hydrogen (secondary N) is 1. The zero-order valence-electron chi connectivity index (χ0n) is 14.5. The molecule has 0 saturated carbocycles. The number of benzene rings is 2. The summed E-state index contributed by atoms with van der Waals surface area (Å²) >= 11 is 11.9. The first-order valence-electron chi connectivity index (χ1n) is 8.66. The molecule has 0 saturated heterocycles. The normalized spacial score (nSPS) is 16.2. The molecule has 1 N–H and O–H groups in total. The molecule has 0 aliphatic carbocycles. The number of anilines is 1. The number of hydrogen-bond acceptors (Lipinski definition) is 1. The smallest absolute Gasteiger partial charge is 0.174 e. The van der Waals surface area contributed by atoms with Crippen molar-refractivity contribution >= 4 is 34.6 Å². The zero-order valence-corrected chi connectivity index (χ0v) is 16.1. The van der Waals surface area contributed by atoms with E-state index in [1.165, 1.54) is 16.8 Å². The van der Waals surface area contributed by atoms with Crippen LogP contribution >= 0.6 is 23.8 Å². The summed E-state index contributed by atoms with van der Waals surface area (Å²) in [6.45, 7) is 3.85. The molecule has 26 heavy (non-hydrogen) atoms. The van der Waals surface area contributed by atoms with Crippen LogP contribution in [-0.4, -0.2) is 21.1 Å². The van der Waals surface area contributed by atoms with Gasteiger partial charge in [0.1, 0.15) is 0 Å². The first kappa shape index (κ1) is 17.1. The van der Waals surface area contributed by atoms with Crippen LogP contribution in [0.5, 0.6) is 0 Å². The monoisotopic (exact) mass is 381 g/mol. The summed E-state index contributed by atoms with van der Waals surface area (Å²) in [5.74, 6) is 0. The minimum atomic E-state index is 0.0708. The van der Waals surface area contributed by atoms with Gasteiger partial charge in [-0.2, -0.15) is 0 Å². The van der Waals surface area contributed by atoms with Crippen LogP contribution in [-0.2, 0) is 6.54 Å². The van der Waals surface area contributed by atoms with E-state index < -0.39 is 0 Å². The minimum Gasteiger partial charge on any atom is -0.348 e. The van der Waals surface area contributed by atoms with E-state index in [4.69, 9.17) is 23.8 Å². The molecule has 3 aromatic rings. The fourth-order valence-corrected chi connectivity index (χ4v) is 3.87. The van der Waals surface area contributed by atoms with Crippen molar-refractivity contribution in [1.82, 2.24) is 9.47 Å². The average molecular weight is 382 g/mol. The standard InChI is InChI=1S/C21H20ClN3S/c1-15-4-10-18(11-5-15)23-21(26)25-14-13-24-12-2-3-19(24)20(25)16-6-8-17(22)9-7-16/h2-12,20H,13-14H2,1H3,(H,23,26)/t20-/m1/s1. The average Bonchev–Trinajstić information content (AvgIpc) is 3.12. The van der Waals surface area contributed by atoms with Crippen molar-refractivity contribution in [3.05, 3.63) is 88.7 Å². The Balaban J connectivity index is 1.66. The topological polar surface area (TPSA) is 20.2 Å². The summed E-state index contributed by atoms with van der Waals surface area (Å²) in [5, 5.41) is 4.87. The van der Waals surface area contributed by atoms with Gasteiger partial charge in [-0.3, -0.25) is 0 Å². The van der Waals surface area contributed by atoms with Gasteiger partial charge in [0, 0.05) is 35.7 Å².